The SMILES string of the molecule is CC(=O)[O-].CC(=O)[O-].CC(C)Oc1ccc(COc2ccc3c(c2)c(Cl)c2n3CC[C@@H]2CC(=O)O)cc1C(F)(F)F.[Zn+2]. The molecule has 9 nitrogen and oxygen atoms in total. The van der Waals surface area contributed by atoms with Gasteiger partial charge >= 0.3 is 31.6 Å². The van der Waals surface area contributed by atoms with Crippen molar-refractivity contribution in [1.29, 1.82) is 0 Å². The zero-order valence-corrected chi connectivity index (χ0v) is 27.1. The summed E-state index contributed by atoms with van der Waals surface area (Å²) >= 11 is 6.59. The number of rotatable bonds is 7. The molecule has 0 aliphatic carbocycles. The predicted molar refractivity (Wildman–Crippen MR) is 139 cm³/mol. The summed E-state index contributed by atoms with van der Waals surface area (Å²) in [6.07, 6.45) is -4.21. The number of carboxylic acid groups (broad SMARTS) is 3. The minimum Gasteiger partial charge on any atom is -0.550 e. The van der Waals surface area contributed by atoms with E-state index in [9.17, 15) is 18.0 Å². The van der Waals surface area contributed by atoms with Gasteiger partial charge in [-0.3, -0.25) is 4.79 Å². The molecular formula is C28H29ClF3NO8Zn. The van der Waals surface area contributed by atoms with Gasteiger partial charge in [0.2, 0.25) is 0 Å². The van der Waals surface area contributed by atoms with Crippen LogP contribution in [-0.2, 0) is 53.2 Å². The van der Waals surface area contributed by atoms with Gasteiger partial charge in [-0.1, -0.05) is 17.7 Å². The van der Waals surface area contributed by atoms with E-state index in [0.29, 0.717) is 29.3 Å². The maximum atomic E-state index is 13.5. The van der Waals surface area contributed by atoms with Gasteiger partial charge in [0.1, 0.15) is 18.1 Å². The van der Waals surface area contributed by atoms with Crippen LogP contribution in [0.5, 0.6) is 11.5 Å². The molecule has 2 aromatic carbocycles. The number of aryl methyl sites for hydroxylation is 1. The summed E-state index contributed by atoms with van der Waals surface area (Å²) < 4.78 is 53.5. The second-order valence-corrected chi connectivity index (χ2v) is 9.76. The van der Waals surface area contributed by atoms with E-state index in [-0.39, 0.29) is 50.3 Å². The molecule has 14 heteroatoms. The number of aliphatic carboxylic acids is 3. The third-order valence-electron chi connectivity index (χ3n) is 5.64. The Morgan fingerprint density at radius 1 is 1.10 bits per heavy atom. The zero-order chi connectivity index (χ0) is 31.1. The number of halogens is 4. The number of nitrogens with zero attached hydrogens (tertiary/aromatic N) is 1. The van der Waals surface area contributed by atoms with Gasteiger partial charge in [-0.25, -0.2) is 0 Å². The van der Waals surface area contributed by atoms with Crippen LogP contribution in [-0.4, -0.2) is 33.7 Å². The first-order valence-corrected chi connectivity index (χ1v) is 12.8. The van der Waals surface area contributed by atoms with Crippen LogP contribution in [0.2, 0.25) is 5.02 Å². The Labute approximate surface area is 257 Å². The summed E-state index contributed by atoms with van der Waals surface area (Å²) in [5.74, 6) is -2.95. The number of aromatic nitrogens is 1. The van der Waals surface area contributed by atoms with E-state index >= 15 is 0 Å². The summed E-state index contributed by atoms with van der Waals surface area (Å²) in [6.45, 7) is 5.89. The molecule has 3 aromatic rings. The molecule has 0 spiro atoms. The number of carboxylic acids is 3. The molecular weight excluding hydrogens is 636 g/mol. The number of carbonyl (C=O) groups excluding carboxylic acids is 2. The molecule has 4 rings (SSSR count). The van der Waals surface area contributed by atoms with Gasteiger partial charge in [0.15, 0.2) is 0 Å². The molecule has 0 amide bonds. The third-order valence-corrected chi connectivity index (χ3v) is 6.03. The van der Waals surface area contributed by atoms with Crippen LogP contribution in [0.4, 0.5) is 13.2 Å². The first kappa shape index (κ1) is 36.7. The van der Waals surface area contributed by atoms with Crippen molar-refractivity contribution in [3.8, 4) is 11.5 Å². The molecule has 0 bridgehead atoms. The number of hydrogen-bond acceptors (Lipinski definition) is 7. The molecule has 0 saturated carbocycles. The molecule has 1 aliphatic heterocycles. The van der Waals surface area contributed by atoms with Crippen molar-refractivity contribution in [2.24, 2.45) is 0 Å². The summed E-state index contributed by atoms with van der Waals surface area (Å²) in [5, 5.41) is 28.2. The number of hydrogen-bond donors (Lipinski definition) is 1. The van der Waals surface area contributed by atoms with E-state index < -0.39 is 29.6 Å². The minimum atomic E-state index is -4.55. The van der Waals surface area contributed by atoms with Crippen molar-refractivity contribution >= 4 is 40.4 Å². The molecule has 42 heavy (non-hydrogen) atoms. The maximum Gasteiger partial charge on any atom is 2.00 e. The van der Waals surface area contributed by atoms with Gasteiger partial charge in [0.25, 0.3) is 0 Å². The summed E-state index contributed by atoms with van der Waals surface area (Å²) in [5.41, 5.74) is 1.20. The predicted octanol–water partition coefficient (Wildman–Crippen LogP) is 4.15. The number of benzene rings is 2. The van der Waals surface area contributed by atoms with Crippen molar-refractivity contribution in [2.75, 3.05) is 0 Å². The molecule has 1 aliphatic rings. The molecule has 1 N–H and O–H groups in total. The van der Waals surface area contributed by atoms with Gasteiger partial charge in [-0.15, -0.1) is 0 Å². The fraction of sp³-hybridized carbons (Fsp3) is 0.393. The largest absolute Gasteiger partial charge is 2.00 e. The Kier molecular flexibility index (Phi) is 13.8. The average molecular weight is 665 g/mol. The molecule has 1 atom stereocenters. The average Bonchev–Trinajstić information content (AvgIpc) is 3.35. The Balaban J connectivity index is 0.000000873. The van der Waals surface area contributed by atoms with Crippen molar-refractivity contribution in [3.05, 3.63) is 58.2 Å². The van der Waals surface area contributed by atoms with Crippen LogP contribution >= 0.6 is 11.6 Å². The molecule has 0 fully saturated rings. The van der Waals surface area contributed by atoms with Crippen molar-refractivity contribution in [2.45, 2.75) is 71.9 Å². The standard InChI is InChI=1S/C24H23ClF3NO4.2C2H4O2.Zn/c1-13(2)33-20-6-3-14(9-18(20)24(26,27)28)12-32-16-4-5-19-17(11-16)22(25)23-15(10-21(30)31)7-8-29(19)23;2*1-2(3)4;/h3-6,9,11,13,15H,7-8,10,12H2,1-2H3,(H,30,31);2*1H3,(H,3,4);/q;;;+2/p-2/t15-;;;/m1.../s1. The van der Waals surface area contributed by atoms with E-state index in [1.165, 1.54) is 6.07 Å². The molecule has 2 heterocycles. The van der Waals surface area contributed by atoms with Crippen molar-refractivity contribution in [1.82, 2.24) is 4.57 Å². The third kappa shape index (κ3) is 10.5. The first-order chi connectivity index (χ1) is 19.0. The van der Waals surface area contributed by atoms with Gasteiger partial charge in [0.05, 0.1) is 28.6 Å². The van der Waals surface area contributed by atoms with Crippen LogP contribution in [0.3, 0.4) is 0 Å². The van der Waals surface area contributed by atoms with E-state index in [4.69, 9.17) is 46.0 Å². The molecule has 224 valence electrons. The monoisotopic (exact) mass is 663 g/mol. The summed E-state index contributed by atoms with van der Waals surface area (Å²) in [6, 6.07) is 9.19. The number of ether oxygens (including phenoxy) is 2. The first-order valence-electron chi connectivity index (χ1n) is 12.4. The smallest absolute Gasteiger partial charge is 0.550 e. The Morgan fingerprint density at radius 3 is 2.21 bits per heavy atom. The maximum absolute atomic E-state index is 13.5. The van der Waals surface area contributed by atoms with Crippen molar-refractivity contribution < 1.29 is 71.8 Å². The Morgan fingerprint density at radius 2 is 1.69 bits per heavy atom. The summed E-state index contributed by atoms with van der Waals surface area (Å²) in [4.78, 5) is 29.0. The van der Waals surface area contributed by atoms with Crippen molar-refractivity contribution in [3.63, 3.8) is 0 Å². The number of fused-ring (bicyclic) bond motifs is 3. The van der Waals surface area contributed by atoms with E-state index in [1.807, 2.05) is 10.6 Å². The zero-order valence-electron chi connectivity index (χ0n) is 23.4. The fourth-order valence-corrected chi connectivity index (χ4v) is 4.69. The van der Waals surface area contributed by atoms with Gasteiger partial charge < -0.3 is 38.9 Å². The fourth-order valence-electron chi connectivity index (χ4n) is 4.29. The Hall–Kier alpha value is -3.31. The quantitative estimate of drug-likeness (QED) is 0.372. The van der Waals surface area contributed by atoms with E-state index in [0.717, 1.165) is 36.5 Å². The summed E-state index contributed by atoms with van der Waals surface area (Å²) in [7, 11) is 0. The van der Waals surface area contributed by atoms with Crippen LogP contribution in [0.15, 0.2) is 36.4 Å². The number of carbonyl (C=O) groups is 3. The Bertz CT molecular complexity index is 1390. The van der Waals surface area contributed by atoms with E-state index in [2.05, 4.69) is 0 Å². The van der Waals surface area contributed by atoms with Crippen LogP contribution < -0.4 is 19.7 Å². The molecule has 1 aromatic heterocycles. The molecule has 0 radical (unpaired) electrons. The van der Waals surface area contributed by atoms with Crippen LogP contribution in [0, 0.1) is 0 Å². The van der Waals surface area contributed by atoms with Crippen LogP contribution in [0.25, 0.3) is 10.9 Å². The van der Waals surface area contributed by atoms with Gasteiger partial charge in [-0.05, 0) is 70.0 Å². The van der Waals surface area contributed by atoms with Crippen LogP contribution in [0.1, 0.15) is 63.3 Å². The second-order valence-electron chi connectivity index (χ2n) is 9.38. The topological polar surface area (TPSA) is 141 Å². The number of alkyl halides is 3. The molecule has 0 saturated heterocycles. The molecule has 0 unspecified atom stereocenters. The van der Waals surface area contributed by atoms with Gasteiger partial charge in [0, 0.05) is 35.5 Å². The minimum absolute atomic E-state index is 0. The van der Waals surface area contributed by atoms with E-state index in [1.54, 1.807) is 32.0 Å². The van der Waals surface area contributed by atoms with Gasteiger partial charge in [-0.2, -0.15) is 13.2 Å². The normalized spacial score (nSPS) is 13.6. The second kappa shape index (κ2) is 15.8.